The first-order chi connectivity index (χ1) is 6.63. The summed E-state index contributed by atoms with van der Waals surface area (Å²) in [5.41, 5.74) is 3.71. The van der Waals surface area contributed by atoms with Gasteiger partial charge in [0.1, 0.15) is 0 Å². The number of aliphatic imine (C=N–C) groups is 1. The van der Waals surface area contributed by atoms with Crippen LogP contribution in [0.1, 0.15) is 31.9 Å². The molecule has 0 aliphatic carbocycles. The summed E-state index contributed by atoms with van der Waals surface area (Å²) in [6.07, 6.45) is 3.08. The monoisotopic (exact) mass is 189 g/mol. The number of nitrogens with zero attached hydrogens (tertiary/aromatic N) is 1. The van der Waals surface area contributed by atoms with Gasteiger partial charge in [-0.25, -0.2) is 0 Å². The zero-order valence-electron chi connectivity index (χ0n) is 9.54. The summed E-state index contributed by atoms with van der Waals surface area (Å²) in [5.74, 6) is 0.514. The van der Waals surface area contributed by atoms with Gasteiger partial charge in [-0.1, -0.05) is 32.9 Å². The highest BCUT2D eigenvalue weighted by molar-refractivity contribution is 5.66. The molecule has 0 aromatic heterocycles. The predicted octanol–water partition coefficient (Wildman–Crippen LogP) is 3.92. The molecular weight excluding hydrogens is 170 g/mol. The maximum absolute atomic E-state index is 4.49. The van der Waals surface area contributed by atoms with Crippen molar-refractivity contribution < 1.29 is 0 Å². The van der Waals surface area contributed by atoms with Crippen molar-refractivity contribution in [1.82, 2.24) is 0 Å². The van der Waals surface area contributed by atoms with Crippen molar-refractivity contribution in [2.45, 2.75) is 34.1 Å². The number of hydrogen-bond acceptors (Lipinski definition) is 1. The molecular formula is C13H19N. The third-order valence-corrected chi connectivity index (χ3v) is 2.19. The minimum Gasteiger partial charge on any atom is -0.261 e. The van der Waals surface area contributed by atoms with Gasteiger partial charge in [0, 0.05) is 6.21 Å². The Hall–Kier alpha value is -1.11. The van der Waals surface area contributed by atoms with E-state index < -0.39 is 0 Å². The fourth-order valence-corrected chi connectivity index (χ4v) is 1.24. The van der Waals surface area contributed by atoms with Gasteiger partial charge in [0.2, 0.25) is 0 Å². The van der Waals surface area contributed by atoms with E-state index in [1.165, 1.54) is 11.1 Å². The molecule has 0 aliphatic heterocycles. The SMILES string of the molecule is CCc1ccc(C)c(N=CC(C)C)c1. The molecule has 0 unspecified atom stereocenters. The average Bonchev–Trinajstić information content (AvgIpc) is 2.16. The normalized spacial score (nSPS) is 11.5. The van der Waals surface area contributed by atoms with Gasteiger partial charge >= 0.3 is 0 Å². The van der Waals surface area contributed by atoms with Crippen LogP contribution in [-0.2, 0) is 6.42 Å². The van der Waals surface area contributed by atoms with E-state index in [0.717, 1.165) is 12.1 Å². The molecule has 0 N–H and O–H groups in total. The average molecular weight is 189 g/mol. The Morgan fingerprint density at radius 3 is 2.64 bits per heavy atom. The summed E-state index contributed by atoms with van der Waals surface area (Å²) in [7, 11) is 0. The molecule has 14 heavy (non-hydrogen) atoms. The quantitative estimate of drug-likeness (QED) is 0.639. The fourth-order valence-electron chi connectivity index (χ4n) is 1.24. The molecule has 0 atom stereocenters. The van der Waals surface area contributed by atoms with Crippen LogP contribution in [0, 0.1) is 12.8 Å². The van der Waals surface area contributed by atoms with Crippen LogP contribution in [0.15, 0.2) is 23.2 Å². The summed E-state index contributed by atoms with van der Waals surface area (Å²) >= 11 is 0. The zero-order chi connectivity index (χ0) is 10.6. The Labute approximate surface area is 86.9 Å². The molecule has 1 aromatic rings. The van der Waals surface area contributed by atoms with E-state index in [1.807, 2.05) is 6.21 Å². The lowest BCUT2D eigenvalue weighted by molar-refractivity contribution is 0.907. The van der Waals surface area contributed by atoms with E-state index in [1.54, 1.807) is 0 Å². The van der Waals surface area contributed by atoms with Crippen molar-refractivity contribution in [2.24, 2.45) is 10.9 Å². The summed E-state index contributed by atoms with van der Waals surface area (Å²) in [5, 5.41) is 0. The molecule has 1 heteroatoms. The zero-order valence-corrected chi connectivity index (χ0v) is 9.54. The van der Waals surface area contributed by atoms with Gasteiger partial charge in [0.15, 0.2) is 0 Å². The fraction of sp³-hybridized carbons (Fsp3) is 0.462. The molecule has 0 saturated carbocycles. The molecule has 0 bridgehead atoms. The Kier molecular flexibility index (Phi) is 3.87. The van der Waals surface area contributed by atoms with Crippen LogP contribution in [0.3, 0.4) is 0 Å². The van der Waals surface area contributed by atoms with E-state index in [9.17, 15) is 0 Å². The molecule has 0 heterocycles. The molecule has 0 fully saturated rings. The second-order valence-electron chi connectivity index (χ2n) is 4.00. The Morgan fingerprint density at radius 2 is 2.07 bits per heavy atom. The Bertz CT molecular complexity index is 324. The molecule has 0 spiro atoms. The Balaban J connectivity index is 2.94. The van der Waals surface area contributed by atoms with Crippen LogP contribution in [0.5, 0.6) is 0 Å². The van der Waals surface area contributed by atoms with Crippen LogP contribution in [0.2, 0.25) is 0 Å². The van der Waals surface area contributed by atoms with E-state index in [2.05, 4.69) is 50.9 Å². The van der Waals surface area contributed by atoms with Crippen molar-refractivity contribution in [3.63, 3.8) is 0 Å². The minimum absolute atomic E-state index is 0.514. The maximum Gasteiger partial charge on any atom is 0.0657 e. The highest BCUT2D eigenvalue weighted by Gasteiger charge is 1.97. The molecule has 0 amide bonds. The Morgan fingerprint density at radius 1 is 1.36 bits per heavy atom. The van der Waals surface area contributed by atoms with Crippen LogP contribution in [0.25, 0.3) is 0 Å². The van der Waals surface area contributed by atoms with Crippen molar-refractivity contribution in [2.75, 3.05) is 0 Å². The summed E-state index contributed by atoms with van der Waals surface area (Å²) in [4.78, 5) is 4.49. The summed E-state index contributed by atoms with van der Waals surface area (Å²) in [6, 6.07) is 6.49. The van der Waals surface area contributed by atoms with Crippen LogP contribution < -0.4 is 0 Å². The standard InChI is InChI=1S/C13H19N/c1-5-12-7-6-11(4)13(8-12)14-9-10(2)3/h6-10H,5H2,1-4H3. The topological polar surface area (TPSA) is 12.4 Å². The summed E-state index contributed by atoms with van der Waals surface area (Å²) < 4.78 is 0. The van der Waals surface area contributed by atoms with Gasteiger partial charge in [-0.05, 0) is 36.5 Å². The van der Waals surface area contributed by atoms with Crippen molar-refractivity contribution in [1.29, 1.82) is 0 Å². The predicted molar refractivity (Wildman–Crippen MR) is 63.5 cm³/mol. The number of aryl methyl sites for hydroxylation is 2. The minimum atomic E-state index is 0.514. The lowest BCUT2D eigenvalue weighted by Gasteiger charge is -2.03. The molecule has 76 valence electrons. The van der Waals surface area contributed by atoms with Crippen molar-refractivity contribution in [3.05, 3.63) is 29.3 Å². The van der Waals surface area contributed by atoms with E-state index >= 15 is 0 Å². The molecule has 1 nitrogen and oxygen atoms in total. The van der Waals surface area contributed by atoms with Gasteiger partial charge in [-0.15, -0.1) is 0 Å². The first-order valence-corrected chi connectivity index (χ1v) is 5.27. The van der Waals surface area contributed by atoms with Crippen molar-refractivity contribution >= 4 is 11.9 Å². The first-order valence-electron chi connectivity index (χ1n) is 5.27. The van der Waals surface area contributed by atoms with Gasteiger partial charge < -0.3 is 0 Å². The lowest BCUT2D eigenvalue weighted by atomic mass is 10.1. The largest absolute Gasteiger partial charge is 0.261 e. The van der Waals surface area contributed by atoms with Gasteiger partial charge in [0.25, 0.3) is 0 Å². The van der Waals surface area contributed by atoms with E-state index in [4.69, 9.17) is 0 Å². The number of hydrogen-bond donors (Lipinski definition) is 0. The maximum atomic E-state index is 4.49. The summed E-state index contributed by atoms with van der Waals surface area (Å²) in [6.45, 7) is 8.55. The third-order valence-electron chi connectivity index (χ3n) is 2.19. The molecule has 0 radical (unpaired) electrons. The molecule has 1 rings (SSSR count). The van der Waals surface area contributed by atoms with Crippen LogP contribution >= 0.6 is 0 Å². The van der Waals surface area contributed by atoms with E-state index in [-0.39, 0.29) is 0 Å². The van der Waals surface area contributed by atoms with Gasteiger partial charge in [-0.2, -0.15) is 0 Å². The second kappa shape index (κ2) is 4.94. The third kappa shape index (κ3) is 2.99. The highest BCUT2D eigenvalue weighted by Crippen LogP contribution is 2.20. The number of benzene rings is 1. The number of rotatable bonds is 3. The molecule has 0 saturated heterocycles. The second-order valence-corrected chi connectivity index (χ2v) is 4.00. The smallest absolute Gasteiger partial charge is 0.0657 e. The van der Waals surface area contributed by atoms with Crippen LogP contribution in [-0.4, -0.2) is 6.21 Å². The van der Waals surface area contributed by atoms with Gasteiger partial charge in [-0.3, -0.25) is 4.99 Å². The molecule has 1 aromatic carbocycles. The van der Waals surface area contributed by atoms with Crippen molar-refractivity contribution in [3.8, 4) is 0 Å². The first kappa shape index (κ1) is 11.0. The highest BCUT2D eigenvalue weighted by atomic mass is 14.7. The van der Waals surface area contributed by atoms with E-state index in [0.29, 0.717) is 5.92 Å². The molecule has 0 aliphatic rings. The van der Waals surface area contributed by atoms with Crippen LogP contribution in [0.4, 0.5) is 5.69 Å². The lowest BCUT2D eigenvalue weighted by Crippen LogP contribution is -1.87. The van der Waals surface area contributed by atoms with Gasteiger partial charge in [0.05, 0.1) is 5.69 Å².